The molecule has 2 unspecified atom stereocenters. The summed E-state index contributed by atoms with van der Waals surface area (Å²) in [6.45, 7) is 1.92. The Morgan fingerprint density at radius 1 is 1.32 bits per heavy atom. The summed E-state index contributed by atoms with van der Waals surface area (Å²) in [5.41, 5.74) is 2.68. The molecule has 3 heteroatoms. The van der Waals surface area contributed by atoms with Crippen LogP contribution < -0.4 is 0 Å². The Balaban J connectivity index is 1.84. The molecule has 100 valence electrons. The number of hydrogen-bond acceptors (Lipinski definition) is 3. The molecule has 0 aliphatic carbocycles. The number of likely N-dealkylation sites (N-methyl/N-ethyl adjacent to an activating group) is 1. The zero-order chi connectivity index (χ0) is 13.2. The molecule has 2 heterocycles. The first-order valence-electron chi connectivity index (χ1n) is 6.71. The van der Waals surface area contributed by atoms with Crippen LogP contribution in [0.5, 0.6) is 0 Å². The molecule has 0 amide bonds. The Bertz CT molecular complexity index is 537. The standard InChI is InChI=1S/C16H19NOS/c1-17-10-12-5-2-3-7-14(12)15(11-17)16(18)9-13-6-4-8-19-13/h2-8,15-16,18H,9-11H2,1H3. The summed E-state index contributed by atoms with van der Waals surface area (Å²) in [5, 5.41) is 12.7. The van der Waals surface area contributed by atoms with Crippen molar-refractivity contribution in [3.05, 3.63) is 57.8 Å². The van der Waals surface area contributed by atoms with Crippen molar-refractivity contribution in [1.29, 1.82) is 0 Å². The van der Waals surface area contributed by atoms with E-state index in [9.17, 15) is 5.11 Å². The summed E-state index contributed by atoms with van der Waals surface area (Å²) in [6, 6.07) is 12.7. The molecule has 19 heavy (non-hydrogen) atoms. The summed E-state index contributed by atoms with van der Waals surface area (Å²) in [5.74, 6) is 0.219. The third-order valence-corrected chi connectivity index (χ3v) is 4.76. The molecule has 0 saturated carbocycles. The Labute approximate surface area is 118 Å². The monoisotopic (exact) mass is 273 g/mol. The van der Waals surface area contributed by atoms with Gasteiger partial charge in [0.1, 0.15) is 0 Å². The first-order valence-corrected chi connectivity index (χ1v) is 7.59. The Hall–Kier alpha value is -1.16. The highest BCUT2D eigenvalue weighted by Gasteiger charge is 2.28. The number of aliphatic hydroxyl groups excluding tert-OH is 1. The Morgan fingerprint density at radius 3 is 2.95 bits per heavy atom. The molecule has 2 nitrogen and oxygen atoms in total. The van der Waals surface area contributed by atoms with Crippen LogP contribution >= 0.6 is 11.3 Å². The highest BCUT2D eigenvalue weighted by Crippen LogP contribution is 2.31. The minimum atomic E-state index is -0.303. The number of aliphatic hydroxyl groups is 1. The van der Waals surface area contributed by atoms with Crippen molar-refractivity contribution in [3.63, 3.8) is 0 Å². The largest absolute Gasteiger partial charge is 0.392 e. The van der Waals surface area contributed by atoms with Gasteiger partial charge in [-0.25, -0.2) is 0 Å². The number of fused-ring (bicyclic) bond motifs is 1. The minimum Gasteiger partial charge on any atom is -0.392 e. The van der Waals surface area contributed by atoms with Crippen LogP contribution in [-0.2, 0) is 13.0 Å². The van der Waals surface area contributed by atoms with Crippen molar-refractivity contribution in [2.75, 3.05) is 13.6 Å². The maximum Gasteiger partial charge on any atom is 0.0669 e. The second-order valence-corrected chi connectivity index (χ2v) is 6.39. The average molecular weight is 273 g/mol. The van der Waals surface area contributed by atoms with Gasteiger partial charge in [0.05, 0.1) is 6.10 Å². The van der Waals surface area contributed by atoms with E-state index in [1.165, 1.54) is 16.0 Å². The molecule has 1 N–H and O–H groups in total. The lowest BCUT2D eigenvalue weighted by atomic mass is 9.85. The highest BCUT2D eigenvalue weighted by molar-refractivity contribution is 7.09. The predicted octanol–water partition coefficient (Wildman–Crippen LogP) is 2.88. The van der Waals surface area contributed by atoms with Crippen LogP contribution in [0.2, 0.25) is 0 Å². The van der Waals surface area contributed by atoms with Crippen molar-refractivity contribution >= 4 is 11.3 Å². The van der Waals surface area contributed by atoms with Crippen molar-refractivity contribution in [3.8, 4) is 0 Å². The van der Waals surface area contributed by atoms with Crippen LogP contribution in [0.15, 0.2) is 41.8 Å². The molecule has 0 saturated heterocycles. The van der Waals surface area contributed by atoms with Crippen LogP contribution in [0.3, 0.4) is 0 Å². The van der Waals surface area contributed by atoms with Crippen LogP contribution in [-0.4, -0.2) is 29.7 Å². The van der Waals surface area contributed by atoms with Gasteiger partial charge < -0.3 is 10.0 Å². The van der Waals surface area contributed by atoms with Crippen molar-refractivity contribution in [2.45, 2.75) is 25.0 Å². The summed E-state index contributed by atoms with van der Waals surface area (Å²) >= 11 is 1.72. The second kappa shape index (κ2) is 5.45. The van der Waals surface area contributed by atoms with Gasteiger partial charge in [-0.05, 0) is 29.6 Å². The maximum atomic E-state index is 10.6. The molecule has 1 aromatic carbocycles. The van der Waals surface area contributed by atoms with Crippen LogP contribution in [0.25, 0.3) is 0 Å². The second-order valence-electron chi connectivity index (χ2n) is 5.35. The zero-order valence-electron chi connectivity index (χ0n) is 11.1. The van der Waals surface area contributed by atoms with Gasteiger partial charge in [-0.15, -0.1) is 11.3 Å². The van der Waals surface area contributed by atoms with Gasteiger partial charge >= 0.3 is 0 Å². The molecule has 2 atom stereocenters. The van der Waals surface area contributed by atoms with Gasteiger partial charge in [0, 0.05) is 30.3 Å². The van der Waals surface area contributed by atoms with E-state index in [2.05, 4.69) is 47.7 Å². The zero-order valence-corrected chi connectivity index (χ0v) is 11.9. The van der Waals surface area contributed by atoms with Gasteiger partial charge in [-0.1, -0.05) is 30.3 Å². The van der Waals surface area contributed by atoms with Crippen molar-refractivity contribution < 1.29 is 5.11 Å². The number of rotatable bonds is 3. The Morgan fingerprint density at radius 2 is 2.16 bits per heavy atom. The van der Waals surface area contributed by atoms with Crippen molar-refractivity contribution in [2.24, 2.45) is 0 Å². The van der Waals surface area contributed by atoms with E-state index in [1.807, 2.05) is 6.07 Å². The van der Waals surface area contributed by atoms with E-state index in [4.69, 9.17) is 0 Å². The SMILES string of the molecule is CN1Cc2ccccc2C(C(O)Cc2cccs2)C1. The van der Waals surface area contributed by atoms with Gasteiger partial charge in [0.2, 0.25) is 0 Å². The number of benzene rings is 1. The lowest BCUT2D eigenvalue weighted by Gasteiger charge is -2.34. The van der Waals surface area contributed by atoms with E-state index in [1.54, 1.807) is 11.3 Å². The average Bonchev–Trinajstić information content (AvgIpc) is 2.90. The maximum absolute atomic E-state index is 10.6. The van der Waals surface area contributed by atoms with Crippen LogP contribution in [0.1, 0.15) is 21.9 Å². The summed E-state index contributed by atoms with van der Waals surface area (Å²) < 4.78 is 0. The summed E-state index contributed by atoms with van der Waals surface area (Å²) in [6.07, 6.45) is 0.451. The fraction of sp³-hybridized carbons (Fsp3) is 0.375. The third kappa shape index (κ3) is 2.73. The van der Waals surface area contributed by atoms with Gasteiger partial charge in [0.25, 0.3) is 0 Å². The molecule has 0 radical (unpaired) electrons. The lowest BCUT2D eigenvalue weighted by molar-refractivity contribution is 0.113. The van der Waals surface area contributed by atoms with E-state index in [-0.39, 0.29) is 12.0 Å². The molecule has 0 fully saturated rings. The van der Waals surface area contributed by atoms with E-state index >= 15 is 0 Å². The fourth-order valence-corrected chi connectivity index (χ4v) is 3.69. The number of thiophene rings is 1. The molecular weight excluding hydrogens is 254 g/mol. The minimum absolute atomic E-state index is 0.219. The topological polar surface area (TPSA) is 23.5 Å². The first-order chi connectivity index (χ1) is 9.24. The number of hydrogen-bond donors (Lipinski definition) is 1. The van der Waals surface area contributed by atoms with Gasteiger partial charge in [-0.3, -0.25) is 0 Å². The molecule has 0 spiro atoms. The molecule has 0 bridgehead atoms. The highest BCUT2D eigenvalue weighted by atomic mass is 32.1. The van der Waals surface area contributed by atoms with E-state index in [0.29, 0.717) is 0 Å². The molecule has 1 aliphatic heterocycles. The third-order valence-electron chi connectivity index (χ3n) is 3.86. The van der Waals surface area contributed by atoms with Gasteiger partial charge in [0.15, 0.2) is 0 Å². The number of nitrogens with zero attached hydrogens (tertiary/aromatic N) is 1. The fourth-order valence-electron chi connectivity index (χ4n) is 2.94. The lowest BCUT2D eigenvalue weighted by Crippen LogP contribution is -2.37. The molecule has 2 aromatic rings. The molecule has 3 rings (SSSR count). The smallest absolute Gasteiger partial charge is 0.0669 e. The van der Waals surface area contributed by atoms with E-state index in [0.717, 1.165) is 19.5 Å². The molecule has 1 aromatic heterocycles. The quantitative estimate of drug-likeness (QED) is 0.929. The molecular formula is C16H19NOS. The van der Waals surface area contributed by atoms with Crippen LogP contribution in [0, 0.1) is 0 Å². The predicted molar refractivity (Wildman–Crippen MR) is 79.5 cm³/mol. The molecule has 1 aliphatic rings. The van der Waals surface area contributed by atoms with Crippen molar-refractivity contribution in [1.82, 2.24) is 4.90 Å². The summed E-state index contributed by atoms with van der Waals surface area (Å²) in [7, 11) is 2.13. The van der Waals surface area contributed by atoms with E-state index < -0.39 is 0 Å². The Kier molecular flexibility index (Phi) is 3.69. The summed E-state index contributed by atoms with van der Waals surface area (Å²) in [4.78, 5) is 3.56. The first kappa shape index (κ1) is 12.9. The van der Waals surface area contributed by atoms with Crippen LogP contribution in [0.4, 0.5) is 0 Å². The normalized spacial score (nSPS) is 21.1. The van der Waals surface area contributed by atoms with Gasteiger partial charge in [-0.2, -0.15) is 0 Å².